The topological polar surface area (TPSA) is 32.3 Å². The minimum absolute atomic E-state index is 0. The van der Waals surface area contributed by atoms with Crippen LogP contribution in [0.3, 0.4) is 0 Å². The second-order valence-corrected chi connectivity index (χ2v) is 4.63. The van der Waals surface area contributed by atoms with Gasteiger partial charge >= 0.3 is 0 Å². The standard InChI is InChI=1S/C13H17ClN2O.ClH/c14-9-13(17)15-12-5-3-11(4-6-12)10-16-7-1-2-8-16;/h3-6H,1-2,7-10H2,(H,15,17);1H/p-1. The summed E-state index contributed by atoms with van der Waals surface area (Å²) in [5, 5.41) is 2.73. The predicted octanol–water partition coefficient (Wildman–Crippen LogP) is -0.536. The van der Waals surface area contributed by atoms with Crippen LogP contribution < -0.4 is 17.7 Å². The van der Waals surface area contributed by atoms with Crippen molar-refractivity contribution >= 4 is 23.2 Å². The summed E-state index contributed by atoms with van der Waals surface area (Å²) in [5.74, 6) is -0.172. The van der Waals surface area contributed by atoms with E-state index in [1.165, 1.54) is 31.5 Å². The molecule has 1 aliphatic heterocycles. The third-order valence-corrected chi connectivity index (χ3v) is 3.21. The van der Waals surface area contributed by atoms with Gasteiger partial charge in [0, 0.05) is 12.2 Å². The number of likely N-dealkylation sites (tertiary alicyclic amines) is 1. The molecule has 0 radical (unpaired) electrons. The number of benzene rings is 1. The Morgan fingerprint density at radius 1 is 1.22 bits per heavy atom. The van der Waals surface area contributed by atoms with Crippen molar-refractivity contribution in [2.75, 3.05) is 24.3 Å². The summed E-state index contributed by atoms with van der Waals surface area (Å²) in [6, 6.07) is 7.97. The van der Waals surface area contributed by atoms with Crippen molar-refractivity contribution < 1.29 is 17.2 Å². The van der Waals surface area contributed by atoms with E-state index in [2.05, 4.69) is 22.3 Å². The van der Waals surface area contributed by atoms with E-state index < -0.39 is 0 Å². The fourth-order valence-electron chi connectivity index (χ4n) is 2.09. The van der Waals surface area contributed by atoms with Gasteiger partial charge in [0.25, 0.3) is 0 Å². The molecule has 1 fully saturated rings. The van der Waals surface area contributed by atoms with Gasteiger partial charge in [0.2, 0.25) is 5.91 Å². The van der Waals surface area contributed by atoms with Gasteiger partial charge in [-0.05, 0) is 43.6 Å². The largest absolute Gasteiger partial charge is 1.00 e. The fraction of sp³-hybridized carbons (Fsp3) is 0.462. The molecule has 3 nitrogen and oxygen atoms in total. The lowest BCUT2D eigenvalue weighted by molar-refractivity contribution is -0.113. The molecule has 1 amide bonds. The fourth-order valence-corrected chi connectivity index (χ4v) is 2.15. The number of halogens is 2. The summed E-state index contributed by atoms with van der Waals surface area (Å²) in [4.78, 5) is 13.5. The second-order valence-electron chi connectivity index (χ2n) is 4.36. The molecule has 0 aliphatic carbocycles. The molecule has 1 saturated heterocycles. The average Bonchev–Trinajstić information content (AvgIpc) is 2.84. The minimum Gasteiger partial charge on any atom is -1.00 e. The molecule has 5 heteroatoms. The smallest absolute Gasteiger partial charge is 0.239 e. The van der Waals surface area contributed by atoms with Crippen LogP contribution in [0, 0.1) is 0 Å². The zero-order valence-electron chi connectivity index (χ0n) is 10.2. The van der Waals surface area contributed by atoms with Crippen molar-refractivity contribution in [3.05, 3.63) is 29.8 Å². The first kappa shape index (κ1) is 15.3. The van der Waals surface area contributed by atoms with E-state index in [4.69, 9.17) is 11.6 Å². The van der Waals surface area contributed by atoms with Gasteiger partial charge in [0.15, 0.2) is 0 Å². The van der Waals surface area contributed by atoms with E-state index in [1.807, 2.05) is 12.1 Å². The van der Waals surface area contributed by atoms with Crippen LogP contribution in [-0.4, -0.2) is 29.8 Å². The lowest BCUT2D eigenvalue weighted by Gasteiger charge is -2.14. The third-order valence-electron chi connectivity index (χ3n) is 2.96. The summed E-state index contributed by atoms with van der Waals surface area (Å²) in [6.07, 6.45) is 2.62. The zero-order chi connectivity index (χ0) is 12.1. The number of alkyl halides is 1. The monoisotopic (exact) mass is 287 g/mol. The SMILES string of the molecule is O=C(CCl)Nc1ccc(CN2CCCC2)cc1.[Cl-]. The average molecular weight is 288 g/mol. The number of nitrogens with one attached hydrogen (secondary N) is 1. The maximum absolute atomic E-state index is 11.1. The van der Waals surface area contributed by atoms with Crippen LogP contribution in [0.1, 0.15) is 18.4 Å². The highest BCUT2D eigenvalue weighted by molar-refractivity contribution is 6.29. The quantitative estimate of drug-likeness (QED) is 0.755. The number of hydrogen-bond donors (Lipinski definition) is 1. The molecule has 0 spiro atoms. The molecule has 1 aromatic rings. The van der Waals surface area contributed by atoms with Crippen molar-refractivity contribution in [1.82, 2.24) is 4.90 Å². The summed E-state index contributed by atoms with van der Waals surface area (Å²) < 4.78 is 0. The highest BCUT2D eigenvalue weighted by Crippen LogP contribution is 2.15. The Bertz CT molecular complexity index is 375. The molecule has 100 valence electrons. The van der Waals surface area contributed by atoms with E-state index in [-0.39, 0.29) is 24.2 Å². The number of rotatable bonds is 4. The van der Waals surface area contributed by atoms with E-state index in [0.29, 0.717) is 0 Å². The number of anilines is 1. The van der Waals surface area contributed by atoms with E-state index >= 15 is 0 Å². The highest BCUT2D eigenvalue weighted by atomic mass is 35.5. The van der Waals surface area contributed by atoms with Crippen LogP contribution >= 0.6 is 11.6 Å². The Hall–Kier alpha value is -0.770. The highest BCUT2D eigenvalue weighted by Gasteiger charge is 2.11. The van der Waals surface area contributed by atoms with Crippen molar-refractivity contribution in [3.63, 3.8) is 0 Å². The normalized spacial score (nSPS) is 15.2. The maximum atomic E-state index is 11.1. The number of hydrogen-bond acceptors (Lipinski definition) is 2. The second kappa shape index (κ2) is 7.62. The van der Waals surface area contributed by atoms with E-state index in [1.54, 1.807) is 0 Å². The summed E-state index contributed by atoms with van der Waals surface area (Å²) in [6.45, 7) is 3.40. The van der Waals surface area contributed by atoms with Crippen molar-refractivity contribution in [1.29, 1.82) is 0 Å². The zero-order valence-corrected chi connectivity index (χ0v) is 11.7. The summed E-state index contributed by atoms with van der Waals surface area (Å²) in [5.41, 5.74) is 2.09. The first-order chi connectivity index (χ1) is 8.28. The van der Waals surface area contributed by atoms with Crippen molar-refractivity contribution in [2.24, 2.45) is 0 Å². The number of carbonyl (C=O) groups is 1. The number of carbonyl (C=O) groups excluding carboxylic acids is 1. The van der Waals surface area contributed by atoms with E-state index in [9.17, 15) is 4.79 Å². The molecule has 1 heterocycles. The van der Waals surface area contributed by atoms with Crippen LogP contribution in [-0.2, 0) is 11.3 Å². The van der Waals surface area contributed by atoms with Crippen molar-refractivity contribution in [2.45, 2.75) is 19.4 Å². The van der Waals surface area contributed by atoms with Gasteiger partial charge < -0.3 is 17.7 Å². The molecular weight excluding hydrogens is 271 g/mol. The molecule has 18 heavy (non-hydrogen) atoms. The Kier molecular flexibility index (Phi) is 6.47. The molecule has 1 aromatic carbocycles. The Labute approximate surface area is 119 Å². The summed E-state index contributed by atoms with van der Waals surface area (Å²) >= 11 is 5.43. The molecule has 2 rings (SSSR count). The van der Waals surface area contributed by atoms with Crippen LogP contribution in [0.4, 0.5) is 5.69 Å². The van der Waals surface area contributed by atoms with Gasteiger partial charge in [-0.1, -0.05) is 12.1 Å². The Morgan fingerprint density at radius 3 is 2.39 bits per heavy atom. The molecule has 0 aromatic heterocycles. The van der Waals surface area contributed by atoms with Gasteiger partial charge in [-0.15, -0.1) is 11.6 Å². The van der Waals surface area contributed by atoms with Gasteiger partial charge in [-0.3, -0.25) is 9.69 Å². The lowest BCUT2D eigenvalue weighted by atomic mass is 10.2. The number of amides is 1. The number of nitrogens with zero attached hydrogens (tertiary/aromatic N) is 1. The molecule has 0 saturated carbocycles. The van der Waals surface area contributed by atoms with Crippen LogP contribution in [0.15, 0.2) is 24.3 Å². The van der Waals surface area contributed by atoms with Gasteiger partial charge in [-0.2, -0.15) is 0 Å². The van der Waals surface area contributed by atoms with Crippen LogP contribution in [0.5, 0.6) is 0 Å². The molecule has 1 N–H and O–H groups in total. The third kappa shape index (κ3) is 4.48. The maximum Gasteiger partial charge on any atom is 0.239 e. The molecule has 0 bridgehead atoms. The minimum atomic E-state index is -0.168. The molecule has 0 unspecified atom stereocenters. The lowest BCUT2D eigenvalue weighted by Crippen LogP contribution is -3.00. The molecule has 1 aliphatic rings. The molecular formula is C13H17Cl2N2O-. The first-order valence-corrected chi connectivity index (χ1v) is 6.48. The Balaban J connectivity index is 0.00000162. The van der Waals surface area contributed by atoms with Gasteiger partial charge in [0.05, 0.1) is 0 Å². The van der Waals surface area contributed by atoms with Crippen molar-refractivity contribution in [3.8, 4) is 0 Å². The van der Waals surface area contributed by atoms with Gasteiger partial charge in [-0.25, -0.2) is 0 Å². The van der Waals surface area contributed by atoms with E-state index in [0.717, 1.165) is 12.2 Å². The van der Waals surface area contributed by atoms with Gasteiger partial charge in [0.1, 0.15) is 5.88 Å². The van der Waals surface area contributed by atoms with Crippen LogP contribution in [0.2, 0.25) is 0 Å². The Morgan fingerprint density at radius 2 is 1.83 bits per heavy atom. The predicted molar refractivity (Wildman–Crippen MR) is 70.3 cm³/mol. The first-order valence-electron chi connectivity index (χ1n) is 5.95. The molecule has 0 atom stereocenters. The van der Waals surface area contributed by atoms with Crippen LogP contribution in [0.25, 0.3) is 0 Å². The summed E-state index contributed by atoms with van der Waals surface area (Å²) in [7, 11) is 0.